The number of amides is 1. The Kier molecular flexibility index (Phi) is 4.71. The van der Waals surface area contributed by atoms with Crippen LogP contribution in [0.3, 0.4) is 0 Å². The molecule has 1 amide bonds. The predicted octanol–water partition coefficient (Wildman–Crippen LogP) is 0.702. The van der Waals surface area contributed by atoms with E-state index in [0.29, 0.717) is 41.8 Å². The molecule has 1 aliphatic rings. The third kappa shape index (κ3) is 2.94. The van der Waals surface area contributed by atoms with Crippen LogP contribution in [0.4, 0.5) is 0 Å². The van der Waals surface area contributed by atoms with E-state index in [1.807, 2.05) is 0 Å². The van der Waals surface area contributed by atoms with Crippen molar-refractivity contribution < 1.29 is 23.8 Å². The highest BCUT2D eigenvalue weighted by atomic mass is 16.5. The minimum atomic E-state index is -1.26. The molecule has 1 fully saturated rings. The van der Waals surface area contributed by atoms with E-state index in [0.717, 1.165) is 5.39 Å². The number of hydrogen-bond donors (Lipinski definition) is 0. The van der Waals surface area contributed by atoms with E-state index in [9.17, 15) is 19.5 Å². The van der Waals surface area contributed by atoms with Crippen molar-refractivity contribution in [1.82, 2.24) is 4.90 Å². The van der Waals surface area contributed by atoms with Gasteiger partial charge in [0.05, 0.1) is 31.1 Å². The summed E-state index contributed by atoms with van der Waals surface area (Å²) in [6, 6.07) is 2.64. The quantitative estimate of drug-likeness (QED) is 0.746. The van der Waals surface area contributed by atoms with Crippen molar-refractivity contribution in [3.8, 4) is 5.75 Å². The van der Waals surface area contributed by atoms with Crippen molar-refractivity contribution in [1.29, 1.82) is 0 Å². The predicted molar refractivity (Wildman–Crippen MR) is 92.0 cm³/mol. The average molecular weight is 358 g/mol. The number of aryl methyl sites for hydroxylation is 2. The smallest absolute Gasteiger partial charge is 0.340 e. The molecule has 7 nitrogen and oxygen atoms in total. The lowest BCUT2D eigenvalue weighted by molar-refractivity contribution is -0.310. The fraction of sp³-hybridized carbons (Fsp3) is 0.421. The lowest BCUT2D eigenvalue weighted by atomic mass is 10.0. The van der Waals surface area contributed by atoms with Crippen molar-refractivity contribution in [3.05, 3.63) is 39.2 Å². The van der Waals surface area contributed by atoms with Gasteiger partial charge in [0.2, 0.25) is 5.91 Å². The second kappa shape index (κ2) is 6.82. The van der Waals surface area contributed by atoms with Crippen molar-refractivity contribution >= 4 is 22.8 Å². The number of ether oxygens (including phenoxy) is 1. The van der Waals surface area contributed by atoms with E-state index in [2.05, 4.69) is 0 Å². The molecule has 2 aromatic rings. The molecule has 26 heavy (non-hydrogen) atoms. The number of carbonyl (C=O) groups is 2. The van der Waals surface area contributed by atoms with Crippen LogP contribution in [0.1, 0.15) is 29.5 Å². The first-order valence-electron chi connectivity index (χ1n) is 8.45. The molecular formula is C19H20NO6-. The minimum absolute atomic E-state index is 0.195. The maximum atomic E-state index is 12.6. The number of likely N-dealkylation sites (tertiary alicyclic amines) is 1. The van der Waals surface area contributed by atoms with Gasteiger partial charge in [0.1, 0.15) is 11.3 Å². The molecule has 0 radical (unpaired) electrons. The number of hydrogen-bond acceptors (Lipinski definition) is 6. The van der Waals surface area contributed by atoms with Gasteiger partial charge in [-0.3, -0.25) is 4.79 Å². The number of rotatable bonds is 4. The fourth-order valence-electron chi connectivity index (χ4n) is 3.56. The van der Waals surface area contributed by atoms with Gasteiger partial charge in [0, 0.05) is 17.5 Å². The second-order valence-electron chi connectivity index (χ2n) is 6.50. The summed E-state index contributed by atoms with van der Waals surface area (Å²) in [5.41, 5.74) is 1.44. The van der Waals surface area contributed by atoms with Crippen LogP contribution >= 0.6 is 0 Å². The largest absolute Gasteiger partial charge is 0.548 e. The molecule has 0 unspecified atom stereocenters. The Balaban J connectivity index is 2.00. The standard InChI is InChI=1S/C19H21NO6/c1-10-12-6-7-15(25-3)11(2)17(12)26-19(24)13(10)9-16(21)20-8-4-5-14(20)18(22)23/h6-7,14H,4-5,8-9H2,1-3H3,(H,22,23)/p-1/t14-/m0/s1. The minimum Gasteiger partial charge on any atom is -0.548 e. The molecule has 3 rings (SSSR count). The Morgan fingerprint density at radius 1 is 1.31 bits per heavy atom. The van der Waals surface area contributed by atoms with Gasteiger partial charge in [-0.1, -0.05) is 0 Å². The van der Waals surface area contributed by atoms with Gasteiger partial charge in [0.15, 0.2) is 0 Å². The molecule has 0 aliphatic carbocycles. The molecule has 138 valence electrons. The second-order valence-corrected chi connectivity index (χ2v) is 6.50. The van der Waals surface area contributed by atoms with E-state index in [1.165, 1.54) is 12.0 Å². The van der Waals surface area contributed by atoms with Crippen molar-refractivity contribution in [2.45, 2.75) is 39.2 Å². The van der Waals surface area contributed by atoms with Gasteiger partial charge in [-0.15, -0.1) is 0 Å². The molecule has 0 saturated carbocycles. The third-order valence-corrected chi connectivity index (χ3v) is 5.05. The van der Waals surface area contributed by atoms with E-state index in [4.69, 9.17) is 9.15 Å². The fourth-order valence-corrected chi connectivity index (χ4v) is 3.56. The van der Waals surface area contributed by atoms with Gasteiger partial charge >= 0.3 is 5.63 Å². The van der Waals surface area contributed by atoms with E-state index in [-0.39, 0.29) is 12.0 Å². The lowest BCUT2D eigenvalue weighted by Gasteiger charge is -2.25. The summed E-state index contributed by atoms with van der Waals surface area (Å²) in [5, 5.41) is 11.9. The maximum absolute atomic E-state index is 12.6. The number of carboxylic acid groups (broad SMARTS) is 1. The molecule has 0 N–H and O–H groups in total. The molecule has 1 aliphatic heterocycles. The van der Waals surface area contributed by atoms with Crippen LogP contribution in [0.25, 0.3) is 11.0 Å². The van der Waals surface area contributed by atoms with Gasteiger partial charge < -0.3 is 24.0 Å². The van der Waals surface area contributed by atoms with E-state index in [1.54, 1.807) is 26.0 Å². The van der Waals surface area contributed by atoms with Crippen LogP contribution in [0.5, 0.6) is 5.75 Å². The van der Waals surface area contributed by atoms with Gasteiger partial charge in [0.25, 0.3) is 0 Å². The summed E-state index contributed by atoms with van der Waals surface area (Å²) in [6.07, 6.45) is 0.784. The van der Waals surface area contributed by atoms with Crippen LogP contribution in [0, 0.1) is 13.8 Å². The molecule has 0 spiro atoms. The normalized spacial score (nSPS) is 16.9. The number of carboxylic acids is 1. The first kappa shape index (κ1) is 18.0. The number of nitrogens with zero attached hydrogens (tertiary/aromatic N) is 1. The molecule has 7 heteroatoms. The summed E-state index contributed by atoms with van der Waals surface area (Å²) in [7, 11) is 1.54. The van der Waals surface area contributed by atoms with Gasteiger partial charge in [-0.05, 0) is 44.4 Å². The Bertz CT molecular complexity index is 945. The summed E-state index contributed by atoms with van der Waals surface area (Å²) in [5.74, 6) is -1.06. The third-order valence-electron chi connectivity index (χ3n) is 5.05. The SMILES string of the molecule is COc1ccc2c(C)c(CC(=O)N3CCC[C@H]3C(=O)[O-])c(=O)oc2c1C. The van der Waals surface area contributed by atoms with E-state index >= 15 is 0 Å². The highest BCUT2D eigenvalue weighted by molar-refractivity contribution is 5.89. The Morgan fingerprint density at radius 3 is 2.69 bits per heavy atom. The first-order chi connectivity index (χ1) is 12.3. The van der Waals surface area contributed by atoms with Crippen molar-refractivity contribution in [2.75, 3.05) is 13.7 Å². The Morgan fingerprint density at radius 2 is 2.04 bits per heavy atom. The molecule has 1 atom stereocenters. The zero-order valence-electron chi connectivity index (χ0n) is 15.0. The molecule has 1 saturated heterocycles. The molecule has 2 heterocycles. The van der Waals surface area contributed by atoms with Crippen molar-refractivity contribution in [3.63, 3.8) is 0 Å². The molecular weight excluding hydrogens is 338 g/mol. The average Bonchev–Trinajstić information content (AvgIpc) is 3.09. The zero-order chi connectivity index (χ0) is 19.0. The van der Waals surface area contributed by atoms with Crippen molar-refractivity contribution in [2.24, 2.45) is 0 Å². The number of aliphatic carboxylic acids is 1. The van der Waals surface area contributed by atoms with Crippen LogP contribution < -0.4 is 15.5 Å². The Labute approximate surface area is 150 Å². The topological polar surface area (TPSA) is 99.9 Å². The summed E-state index contributed by atoms with van der Waals surface area (Å²) >= 11 is 0. The number of benzene rings is 1. The summed E-state index contributed by atoms with van der Waals surface area (Å²) < 4.78 is 10.7. The molecule has 1 aromatic heterocycles. The van der Waals surface area contributed by atoms with E-state index < -0.39 is 23.5 Å². The number of carbonyl (C=O) groups excluding carboxylic acids is 2. The lowest BCUT2D eigenvalue weighted by Crippen LogP contribution is -2.47. The van der Waals surface area contributed by atoms with Crippen LogP contribution in [0.15, 0.2) is 21.3 Å². The zero-order valence-corrected chi connectivity index (χ0v) is 15.0. The van der Waals surface area contributed by atoms with Crippen LogP contribution in [-0.2, 0) is 16.0 Å². The highest BCUT2D eigenvalue weighted by Crippen LogP contribution is 2.29. The summed E-state index contributed by atoms with van der Waals surface area (Å²) in [6.45, 7) is 3.91. The monoisotopic (exact) mass is 358 g/mol. The molecule has 0 bridgehead atoms. The molecule has 1 aromatic carbocycles. The van der Waals surface area contributed by atoms with Crippen LogP contribution in [-0.4, -0.2) is 36.5 Å². The van der Waals surface area contributed by atoms with Gasteiger partial charge in [-0.2, -0.15) is 0 Å². The highest BCUT2D eigenvalue weighted by Gasteiger charge is 2.30. The van der Waals surface area contributed by atoms with Gasteiger partial charge in [-0.25, -0.2) is 4.79 Å². The van der Waals surface area contributed by atoms with Crippen LogP contribution in [0.2, 0.25) is 0 Å². The maximum Gasteiger partial charge on any atom is 0.340 e. The summed E-state index contributed by atoms with van der Waals surface area (Å²) in [4.78, 5) is 37.5. The number of fused-ring (bicyclic) bond motifs is 1. The number of methoxy groups -OCH3 is 1. The first-order valence-corrected chi connectivity index (χ1v) is 8.45. The Hall–Kier alpha value is -2.83.